The number of aromatic nitrogens is 3. The molecule has 0 saturated carbocycles. The van der Waals surface area contributed by atoms with Crippen molar-refractivity contribution < 1.29 is 9.32 Å². The molecule has 3 aromatic rings. The number of para-hydroxylation sites is 1. The van der Waals surface area contributed by atoms with Gasteiger partial charge in [0, 0.05) is 12.3 Å². The Morgan fingerprint density at radius 2 is 2.14 bits per heavy atom. The van der Waals surface area contributed by atoms with Crippen LogP contribution in [0.25, 0.3) is 10.9 Å². The summed E-state index contributed by atoms with van der Waals surface area (Å²) in [5, 5.41) is 7.67. The van der Waals surface area contributed by atoms with E-state index in [0.717, 1.165) is 5.39 Å². The van der Waals surface area contributed by atoms with Gasteiger partial charge in [-0.3, -0.25) is 4.79 Å². The van der Waals surface area contributed by atoms with Crippen molar-refractivity contribution >= 4 is 28.4 Å². The van der Waals surface area contributed by atoms with E-state index in [1.807, 2.05) is 18.2 Å². The van der Waals surface area contributed by atoms with E-state index in [9.17, 15) is 4.79 Å². The molecule has 0 fully saturated rings. The summed E-state index contributed by atoms with van der Waals surface area (Å²) in [5.74, 6) is 0.518. The highest BCUT2D eigenvalue weighted by atomic mass is 35.5. The number of benzene rings is 1. The van der Waals surface area contributed by atoms with Crippen LogP contribution in [0.15, 0.2) is 34.9 Å². The number of hydrogen-bond donors (Lipinski definition) is 1. The van der Waals surface area contributed by atoms with Gasteiger partial charge < -0.3 is 9.84 Å². The van der Waals surface area contributed by atoms with Crippen molar-refractivity contribution in [2.24, 2.45) is 0 Å². The molecule has 1 N–H and O–H groups in total. The second-order valence-corrected chi connectivity index (χ2v) is 4.83. The van der Waals surface area contributed by atoms with Gasteiger partial charge in [0.2, 0.25) is 5.89 Å². The highest BCUT2D eigenvalue weighted by Gasteiger charge is 2.12. The largest absolute Gasteiger partial charge is 0.343 e. The lowest BCUT2D eigenvalue weighted by molar-refractivity contribution is 0.0945. The normalized spacial score (nSPS) is 10.8. The maximum atomic E-state index is 12.1. The van der Waals surface area contributed by atoms with Crippen molar-refractivity contribution in [3.8, 4) is 0 Å². The molecule has 0 bridgehead atoms. The van der Waals surface area contributed by atoms with Crippen molar-refractivity contribution in [1.29, 1.82) is 0 Å². The number of halogens is 1. The first-order valence-electron chi connectivity index (χ1n) is 6.26. The summed E-state index contributed by atoms with van der Waals surface area (Å²) < 4.78 is 4.83. The van der Waals surface area contributed by atoms with E-state index in [0.29, 0.717) is 22.3 Å². The minimum absolute atomic E-state index is 0.169. The van der Waals surface area contributed by atoms with Gasteiger partial charge in [0.15, 0.2) is 5.82 Å². The highest BCUT2D eigenvalue weighted by molar-refractivity contribution is 6.35. The zero-order valence-electron chi connectivity index (χ0n) is 11.1. The summed E-state index contributed by atoms with van der Waals surface area (Å²) in [5.41, 5.74) is 0.921. The Labute approximate surface area is 125 Å². The first kappa shape index (κ1) is 13.5. The SMILES string of the molecule is Cc1nc(CNC(=O)c2cc(Cl)c3ccccc3n2)no1. The van der Waals surface area contributed by atoms with Crippen LogP contribution in [-0.2, 0) is 6.54 Å². The molecule has 3 rings (SSSR count). The Morgan fingerprint density at radius 3 is 2.90 bits per heavy atom. The fraction of sp³-hybridized carbons (Fsp3) is 0.143. The number of amides is 1. The zero-order chi connectivity index (χ0) is 14.8. The molecule has 0 atom stereocenters. The molecule has 7 heteroatoms. The smallest absolute Gasteiger partial charge is 0.270 e. The minimum atomic E-state index is -0.342. The van der Waals surface area contributed by atoms with Crippen LogP contribution in [0.2, 0.25) is 5.02 Å². The van der Waals surface area contributed by atoms with E-state index in [4.69, 9.17) is 16.1 Å². The molecule has 0 unspecified atom stereocenters. The number of carbonyl (C=O) groups excluding carboxylic acids is 1. The summed E-state index contributed by atoms with van der Waals surface area (Å²) in [7, 11) is 0. The predicted octanol–water partition coefficient (Wildman–Crippen LogP) is 2.51. The number of carbonyl (C=O) groups is 1. The molecule has 2 aromatic heterocycles. The van der Waals surface area contributed by atoms with Gasteiger partial charge >= 0.3 is 0 Å². The van der Waals surface area contributed by atoms with Crippen LogP contribution in [0.4, 0.5) is 0 Å². The van der Waals surface area contributed by atoms with Crippen LogP contribution >= 0.6 is 11.6 Å². The van der Waals surface area contributed by atoms with Crippen molar-refractivity contribution in [1.82, 2.24) is 20.4 Å². The fourth-order valence-corrected chi connectivity index (χ4v) is 2.18. The summed E-state index contributed by atoms with van der Waals surface area (Å²) in [6.45, 7) is 1.85. The second-order valence-electron chi connectivity index (χ2n) is 4.42. The molecule has 0 saturated heterocycles. The molecule has 2 heterocycles. The van der Waals surface area contributed by atoms with Crippen molar-refractivity contribution in [3.63, 3.8) is 0 Å². The molecule has 0 aliphatic carbocycles. The van der Waals surface area contributed by atoms with Gasteiger partial charge in [-0.1, -0.05) is 35.0 Å². The Bertz CT molecular complexity index is 816. The van der Waals surface area contributed by atoms with Crippen LogP contribution in [-0.4, -0.2) is 21.0 Å². The maximum Gasteiger partial charge on any atom is 0.270 e. The number of nitrogens with zero attached hydrogens (tertiary/aromatic N) is 3. The third-order valence-electron chi connectivity index (χ3n) is 2.88. The number of hydrogen-bond acceptors (Lipinski definition) is 5. The van der Waals surface area contributed by atoms with Crippen molar-refractivity contribution in [2.45, 2.75) is 13.5 Å². The predicted molar refractivity (Wildman–Crippen MR) is 77.0 cm³/mol. The second kappa shape index (κ2) is 5.49. The van der Waals surface area contributed by atoms with Gasteiger partial charge in [0.1, 0.15) is 5.69 Å². The Morgan fingerprint density at radius 1 is 1.33 bits per heavy atom. The number of rotatable bonds is 3. The molecular weight excluding hydrogens is 292 g/mol. The Balaban J connectivity index is 1.81. The fourth-order valence-electron chi connectivity index (χ4n) is 1.91. The third kappa shape index (κ3) is 2.85. The van der Waals surface area contributed by atoms with E-state index in [1.54, 1.807) is 19.1 Å². The molecule has 0 radical (unpaired) electrons. The van der Waals surface area contributed by atoms with Crippen molar-refractivity contribution in [3.05, 3.63) is 52.8 Å². The standard InChI is InChI=1S/C14H11ClN4O2/c1-8-17-13(19-21-8)7-16-14(20)12-6-10(15)9-4-2-3-5-11(9)18-12/h2-6H,7H2,1H3,(H,16,20). The Hall–Kier alpha value is -2.47. The van der Waals surface area contributed by atoms with Crippen LogP contribution in [0.3, 0.4) is 0 Å². The van der Waals surface area contributed by atoms with E-state index >= 15 is 0 Å². The molecule has 21 heavy (non-hydrogen) atoms. The van der Waals surface area contributed by atoms with Crippen molar-refractivity contribution in [2.75, 3.05) is 0 Å². The van der Waals surface area contributed by atoms with Crippen LogP contribution in [0.1, 0.15) is 22.2 Å². The highest BCUT2D eigenvalue weighted by Crippen LogP contribution is 2.22. The van der Waals surface area contributed by atoms with E-state index in [-0.39, 0.29) is 18.1 Å². The van der Waals surface area contributed by atoms with Crippen LogP contribution in [0.5, 0.6) is 0 Å². The summed E-state index contributed by atoms with van der Waals surface area (Å²) in [4.78, 5) is 20.4. The molecule has 0 spiro atoms. The van der Waals surface area contributed by atoms with Gasteiger partial charge in [0.25, 0.3) is 5.91 Å². The zero-order valence-corrected chi connectivity index (χ0v) is 11.9. The quantitative estimate of drug-likeness (QED) is 0.804. The topological polar surface area (TPSA) is 80.9 Å². The van der Waals surface area contributed by atoms with Gasteiger partial charge in [-0.15, -0.1) is 0 Å². The summed E-state index contributed by atoms with van der Waals surface area (Å²) in [6, 6.07) is 8.92. The van der Waals surface area contributed by atoms with Crippen LogP contribution in [0, 0.1) is 6.92 Å². The molecule has 6 nitrogen and oxygen atoms in total. The number of fused-ring (bicyclic) bond motifs is 1. The average Bonchev–Trinajstić information content (AvgIpc) is 2.90. The van der Waals surface area contributed by atoms with Gasteiger partial charge in [0.05, 0.1) is 17.1 Å². The molecule has 0 aliphatic rings. The monoisotopic (exact) mass is 302 g/mol. The van der Waals surface area contributed by atoms with Gasteiger partial charge in [-0.2, -0.15) is 4.98 Å². The molecule has 1 aromatic carbocycles. The third-order valence-corrected chi connectivity index (χ3v) is 3.19. The molecular formula is C14H11ClN4O2. The maximum absolute atomic E-state index is 12.1. The number of aryl methyl sites for hydroxylation is 1. The first-order chi connectivity index (χ1) is 10.1. The van der Waals surface area contributed by atoms with E-state index < -0.39 is 0 Å². The lowest BCUT2D eigenvalue weighted by Crippen LogP contribution is -2.24. The van der Waals surface area contributed by atoms with Crippen LogP contribution < -0.4 is 5.32 Å². The molecule has 106 valence electrons. The Kier molecular flexibility index (Phi) is 3.53. The average molecular weight is 303 g/mol. The summed E-state index contributed by atoms with van der Waals surface area (Å²) in [6.07, 6.45) is 0. The number of pyridine rings is 1. The molecule has 0 aliphatic heterocycles. The summed E-state index contributed by atoms with van der Waals surface area (Å²) >= 11 is 6.17. The van der Waals surface area contributed by atoms with E-state index in [1.165, 1.54) is 0 Å². The van der Waals surface area contributed by atoms with Gasteiger partial charge in [-0.05, 0) is 12.1 Å². The minimum Gasteiger partial charge on any atom is -0.343 e. The number of nitrogens with one attached hydrogen (secondary N) is 1. The molecule has 1 amide bonds. The lowest BCUT2D eigenvalue weighted by atomic mass is 10.2. The van der Waals surface area contributed by atoms with E-state index in [2.05, 4.69) is 20.4 Å². The first-order valence-corrected chi connectivity index (χ1v) is 6.64. The van der Waals surface area contributed by atoms with Gasteiger partial charge in [-0.25, -0.2) is 4.98 Å². The lowest BCUT2D eigenvalue weighted by Gasteiger charge is -2.05.